The first-order chi connectivity index (χ1) is 15.3. The molecular formula is C23H31N5O3S2. The maximum Gasteiger partial charge on any atom is 0.259 e. The van der Waals surface area contributed by atoms with Gasteiger partial charge in [0.15, 0.2) is 9.92 Å². The van der Waals surface area contributed by atoms with Crippen LogP contribution in [0.1, 0.15) is 75.1 Å². The van der Waals surface area contributed by atoms with Gasteiger partial charge in [0.2, 0.25) is 0 Å². The Morgan fingerprint density at radius 3 is 2.30 bits per heavy atom. The summed E-state index contributed by atoms with van der Waals surface area (Å²) in [6, 6.07) is 5.93. The van der Waals surface area contributed by atoms with Crippen molar-refractivity contribution in [2.24, 2.45) is 9.50 Å². The smallest absolute Gasteiger partial charge is 0.259 e. The van der Waals surface area contributed by atoms with Gasteiger partial charge in [-0.1, -0.05) is 27.7 Å². The van der Waals surface area contributed by atoms with E-state index >= 15 is 0 Å². The zero-order valence-corrected chi connectivity index (χ0v) is 21.4. The van der Waals surface area contributed by atoms with Crippen molar-refractivity contribution in [1.29, 1.82) is 0 Å². The molecule has 0 saturated carbocycles. The van der Waals surface area contributed by atoms with Crippen LogP contribution >= 0.6 is 11.3 Å². The molecule has 178 valence electrons. The molecule has 0 aliphatic rings. The summed E-state index contributed by atoms with van der Waals surface area (Å²) in [6.07, 6.45) is 4.91. The van der Waals surface area contributed by atoms with Crippen LogP contribution in [-0.2, 0) is 26.7 Å². The van der Waals surface area contributed by atoms with Gasteiger partial charge in [-0.25, -0.2) is 19.0 Å². The lowest BCUT2D eigenvalue weighted by Gasteiger charge is -2.21. The van der Waals surface area contributed by atoms with E-state index in [4.69, 9.17) is 5.14 Å². The van der Waals surface area contributed by atoms with Crippen molar-refractivity contribution < 1.29 is 14.1 Å². The lowest BCUT2D eigenvalue weighted by molar-refractivity contribution is -0.117. The molecule has 0 saturated heterocycles. The summed E-state index contributed by atoms with van der Waals surface area (Å²) in [5, 5.41) is 20.8. The average Bonchev–Trinajstić information content (AvgIpc) is 3.39. The topological polar surface area (TPSA) is 123 Å². The van der Waals surface area contributed by atoms with Crippen LogP contribution in [0.4, 0.5) is 0 Å². The number of carbonyl (C=O) groups is 1. The maximum atomic E-state index is 13.0. The summed E-state index contributed by atoms with van der Waals surface area (Å²) in [5.74, 6) is -0.255. The fourth-order valence-electron chi connectivity index (χ4n) is 3.55. The summed E-state index contributed by atoms with van der Waals surface area (Å²) >= 11 is 0.994. The van der Waals surface area contributed by atoms with E-state index < -0.39 is 21.4 Å². The van der Waals surface area contributed by atoms with Gasteiger partial charge in [-0.2, -0.15) is 5.10 Å². The van der Waals surface area contributed by atoms with Gasteiger partial charge in [-0.3, -0.25) is 4.79 Å². The highest BCUT2D eigenvalue weighted by molar-refractivity contribution is 7.93. The minimum absolute atomic E-state index is 0.00818. The zero-order chi connectivity index (χ0) is 24.6. The summed E-state index contributed by atoms with van der Waals surface area (Å²) < 4.78 is 18.9. The second-order valence-corrected chi connectivity index (χ2v) is 12.2. The molecule has 0 aliphatic heterocycles. The van der Waals surface area contributed by atoms with Crippen molar-refractivity contribution in [2.45, 2.75) is 69.6 Å². The van der Waals surface area contributed by atoms with Gasteiger partial charge < -0.3 is 5.11 Å². The van der Waals surface area contributed by atoms with Crippen LogP contribution in [0.2, 0.25) is 0 Å². The van der Waals surface area contributed by atoms with Gasteiger partial charge >= 0.3 is 0 Å². The molecule has 3 aromatic rings. The van der Waals surface area contributed by atoms with Crippen LogP contribution in [0.5, 0.6) is 0 Å². The average molecular weight is 490 g/mol. The third-order valence-corrected chi connectivity index (χ3v) is 8.41. The highest BCUT2D eigenvalue weighted by atomic mass is 32.2. The van der Waals surface area contributed by atoms with Crippen molar-refractivity contribution in [3.63, 3.8) is 0 Å². The molecule has 1 unspecified atom stereocenters. The highest BCUT2D eigenvalue weighted by Crippen LogP contribution is 2.32. The SMILES string of the molecule is CC(C)c1cc(-n2cccn2)cc(C(C)C)c1CC(=O)N=S(N)(=O)c1cnc(C(C)(C)O)s1. The van der Waals surface area contributed by atoms with Crippen molar-refractivity contribution in [3.05, 3.63) is 58.5 Å². The summed E-state index contributed by atoms with van der Waals surface area (Å²) in [5.41, 5.74) is 2.63. The molecule has 0 radical (unpaired) electrons. The lowest BCUT2D eigenvalue weighted by atomic mass is 9.86. The number of aromatic nitrogens is 3. The Kier molecular flexibility index (Phi) is 7.23. The molecule has 8 nitrogen and oxygen atoms in total. The number of hydrogen-bond donors (Lipinski definition) is 2. The lowest BCUT2D eigenvalue weighted by Crippen LogP contribution is -2.16. The number of aliphatic hydroxyl groups is 1. The summed E-state index contributed by atoms with van der Waals surface area (Å²) in [4.78, 5) is 17.0. The summed E-state index contributed by atoms with van der Waals surface area (Å²) in [7, 11) is -3.47. The Labute approximate surface area is 199 Å². The molecule has 0 aliphatic carbocycles. The van der Waals surface area contributed by atoms with E-state index in [2.05, 4.69) is 42.1 Å². The van der Waals surface area contributed by atoms with E-state index in [1.54, 1.807) is 24.7 Å². The predicted molar refractivity (Wildman–Crippen MR) is 131 cm³/mol. The van der Waals surface area contributed by atoms with Crippen molar-refractivity contribution in [1.82, 2.24) is 14.8 Å². The molecule has 33 heavy (non-hydrogen) atoms. The largest absolute Gasteiger partial charge is 0.383 e. The molecule has 0 spiro atoms. The van der Waals surface area contributed by atoms with Crippen LogP contribution < -0.4 is 5.14 Å². The maximum absolute atomic E-state index is 13.0. The third kappa shape index (κ3) is 5.75. The normalized spacial score (nSPS) is 14.0. The van der Waals surface area contributed by atoms with Crippen molar-refractivity contribution in [2.75, 3.05) is 0 Å². The molecule has 3 N–H and O–H groups in total. The second-order valence-electron chi connectivity index (χ2n) is 9.14. The Balaban J connectivity index is 2.02. The molecular weight excluding hydrogens is 458 g/mol. The van der Waals surface area contributed by atoms with Gasteiger partial charge in [0.05, 0.1) is 18.3 Å². The number of amides is 1. The first-order valence-corrected chi connectivity index (χ1v) is 13.1. The zero-order valence-electron chi connectivity index (χ0n) is 19.8. The minimum Gasteiger partial charge on any atom is -0.383 e. The monoisotopic (exact) mass is 489 g/mol. The Hall–Kier alpha value is -2.40. The van der Waals surface area contributed by atoms with Crippen LogP contribution in [0.3, 0.4) is 0 Å². The Morgan fingerprint density at radius 1 is 1.24 bits per heavy atom. The van der Waals surface area contributed by atoms with E-state index in [0.29, 0.717) is 5.01 Å². The summed E-state index contributed by atoms with van der Waals surface area (Å²) in [6.45, 7) is 11.4. The van der Waals surface area contributed by atoms with Crippen molar-refractivity contribution >= 4 is 27.2 Å². The Morgan fingerprint density at radius 2 is 1.85 bits per heavy atom. The van der Waals surface area contributed by atoms with Crippen LogP contribution in [0.15, 0.2) is 45.4 Å². The van der Waals surface area contributed by atoms with E-state index in [1.807, 2.05) is 24.4 Å². The van der Waals surface area contributed by atoms with Gasteiger partial charge in [0, 0.05) is 12.4 Å². The van der Waals surface area contributed by atoms with Crippen LogP contribution in [0, 0.1) is 0 Å². The number of rotatable bonds is 7. The number of nitrogens with zero attached hydrogens (tertiary/aromatic N) is 4. The molecule has 2 heterocycles. The van der Waals surface area contributed by atoms with Crippen molar-refractivity contribution in [3.8, 4) is 5.69 Å². The van der Waals surface area contributed by atoms with Crippen LogP contribution in [0.25, 0.3) is 5.69 Å². The van der Waals surface area contributed by atoms with Crippen LogP contribution in [-0.4, -0.2) is 30.0 Å². The fourth-order valence-corrected chi connectivity index (χ4v) is 5.68. The number of thiazole rings is 1. The number of benzene rings is 1. The third-order valence-electron chi connectivity index (χ3n) is 5.18. The van der Waals surface area contributed by atoms with E-state index in [9.17, 15) is 14.1 Å². The van der Waals surface area contributed by atoms with E-state index in [0.717, 1.165) is 33.7 Å². The molecule has 3 rings (SSSR count). The molecule has 1 amide bonds. The molecule has 0 fully saturated rings. The first kappa shape index (κ1) is 25.2. The quantitative estimate of drug-likeness (QED) is 0.513. The molecule has 10 heteroatoms. The molecule has 0 bridgehead atoms. The van der Waals surface area contributed by atoms with Gasteiger partial charge in [0.25, 0.3) is 5.91 Å². The van der Waals surface area contributed by atoms with Gasteiger partial charge in [-0.15, -0.1) is 15.7 Å². The highest BCUT2D eigenvalue weighted by Gasteiger charge is 2.24. The predicted octanol–water partition coefficient (Wildman–Crippen LogP) is 4.27. The number of hydrogen-bond acceptors (Lipinski definition) is 6. The first-order valence-electron chi connectivity index (χ1n) is 10.7. The molecule has 1 atom stereocenters. The molecule has 2 aromatic heterocycles. The standard InChI is InChI=1S/C23H31N5O3S2/c1-14(2)17-10-16(28-9-7-8-26-28)11-18(15(3)4)19(17)12-20(29)27-33(24,31)21-13-25-22(32-21)23(5,6)30/h7-11,13-15,30H,12H2,1-6H3,(H2,24,27,29,31). The van der Waals surface area contributed by atoms with E-state index in [-0.39, 0.29) is 22.5 Å². The molecule has 1 aromatic carbocycles. The number of nitrogens with two attached hydrogens (primary N) is 1. The second kappa shape index (κ2) is 9.46. The Bertz CT molecular complexity index is 1230. The van der Waals surface area contributed by atoms with Gasteiger partial charge in [-0.05, 0) is 60.6 Å². The number of carbonyl (C=O) groups excluding carboxylic acids is 1. The van der Waals surface area contributed by atoms with Gasteiger partial charge in [0.1, 0.15) is 14.8 Å². The fraction of sp³-hybridized carbons (Fsp3) is 0.435. The van der Waals surface area contributed by atoms with E-state index in [1.165, 1.54) is 6.20 Å². The minimum atomic E-state index is -3.47.